The Morgan fingerprint density at radius 1 is 1.25 bits per heavy atom. The van der Waals surface area contributed by atoms with Crippen LogP contribution in [0.5, 0.6) is 0 Å². The standard InChI is InChI=1S/C10H24N2/c1-9(2)8-10(11)6-5-7-12(3)4/h9-10H,5-8,11H2,1-4H3. The molecule has 2 heteroatoms. The van der Waals surface area contributed by atoms with Gasteiger partial charge in [-0.1, -0.05) is 13.8 Å². The van der Waals surface area contributed by atoms with Gasteiger partial charge in [0.05, 0.1) is 0 Å². The smallest absolute Gasteiger partial charge is 0.00417 e. The number of nitrogens with two attached hydrogens (primary N) is 1. The van der Waals surface area contributed by atoms with E-state index in [-0.39, 0.29) is 0 Å². The first-order valence-electron chi connectivity index (χ1n) is 4.92. The molecule has 12 heavy (non-hydrogen) atoms. The van der Waals surface area contributed by atoms with E-state index in [9.17, 15) is 0 Å². The summed E-state index contributed by atoms with van der Waals surface area (Å²) in [5, 5.41) is 0. The summed E-state index contributed by atoms with van der Waals surface area (Å²) in [5.41, 5.74) is 5.94. The second kappa shape index (κ2) is 6.44. The molecule has 2 nitrogen and oxygen atoms in total. The van der Waals surface area contributed by atoms with Crippen molar-refractivity contribution in [2.75, 3.05) is 20.6 Å². The van der Waals surface area contributed by atoms with Crippen LogP contribution in [0.2, 0.25) is 0 Å². The average Bonchev–Trinajstić information content (AvgIpc) is 1.84. The first kappa shape index (κ1) is 11.9. The topological polar surface area (TPSA) is 29.3 Å². The minimum atomic E-state index is 0.407. The second-order valence-electron chi connectivity index (χ2n) is 4.34. The SMILES string of the molecule is CC(C)CC(N)CCCN(C)C. The maximum atomic E-state index is 5.94. The van der Waals surface area contributed by atoms with Gasteiger partial charge in [-0.2, -0.15) is 0 Å². The van der Waals surface area contributed by atoms with Gasteiger partial charge in [0.15, 0.2) is 0 Å². The maximum Gasteiger partial charge on any atom is 0.00417 e. The molecule has 0 aliphatic carbocycles. The van der Waals surface area contributed by atoms with Crippen molar-refractivity contribution in [1.29, 1.82) is 0 Å². The van der Waals surface area contributed by atoms with Crippen LogP contribution >= 0.6 is 0 Å². The second-order valence-corrected chi connectivity index (χ2v) is 4.34. The fraction of sp³-hybridized carbons (Fsp3) is 1.00. The summed E-state index contributed by atoms with van der Waals surface area (Å²) in [6.45, 7) is 5.61. The quantitative estimate of drug-likeness (QED) is 0.661. The molecular formula is C10H24N2. The average molecular weight is 172 g/mol. The van der Waals surface area contributed by atoms with Crippen LogP contribution < -0.4 is 5.73 Å². The molecule has 0 heterocycles. The predicted molar refractivity (Wildman–Crippen MR) is 55.2 cm³/mol. The normalized spacial score (nSPS) is 14.2. The molecule has 0 aliphatic heterocycles. The lowest BCUT2D eigenvalue weighted by Crippen LogP contribution is -2.24. The van der Waals surface area contributed by atoms with Crippen LogP contribution in [0, 0.1) is 5.92 Å². The zero-order chi connectivity index (χ0) is 9.56. The molecule has 0 saturated carbocycles. The largest absolute Gasteiger partial charge is 0.328 e. The number of rotatable bonds is 6. The van der Waals surface area contributed by atoms with E-state index in [1.807, 2.05) is 0 Å². The number of nitrogens with zero attached hydrogens (tertiary/aromatic N) is 1. The van der Waals surface area contributed by atoms with Crippen LogP contribution in [0.4, 0.5) is 0 Å². The summed E-state index contributed by atoms with van der Waals surface area (Å²) in [4.78, 5) is 2.21. The van der Waals surface area contributed by atoms with Gasteiger partial charge in [-0.15, -0.1) is 0 Å². The number of hydrogen-bond acceptors (Lipinski definition) is 2. The van der Waals surface area contributed by atoms with Gasteiger partial charge >= 0.3 is 0 Å². The van der Waals surface area contributed by atoms with E-state index in [1.54, 1.807) is 0 Å². The third-order valence-corrected chi connectivity index (χ3v) is 1.95. The molecule has 1 atom stereocenters. The van der Waals surface area contributed by atoms with Crippen molar-refractivity contribution >= 4 is 0 Å². The van der Waals surface area contributed by atoms with Gasteiger partial charge < -0.3 is 10.6 Å². The van der Waals surface area contributed by atoms with E-state index in [1.165, 1.54) is 6.42 Å². The summed E-state index contributed by atoms with van der Waals surface area (Å²) >= 11 is 0. The highest BCUT2D eigenvalue weighted by atomic mass is 15.0. The zero-order valence-electron chi connectivity index (χ0n) is 9.01. The Morgan fingerprint density at radius 2 is 1.83 bits per heavy atom. The van der Waals surface area contributed by atoms with Crippen LogP contribution in [0.1, 0.15) is 33.1 Å². The first-order chi connectivity index (χ1) is 5.52. The van der Waals surface area contributed by atoms with Crippen LogP contribution in [-0.2, 0) is 0 Å². The summed E-state index contributed by atoms with van der Waals surface area (Å²) in [6.07, 6.45) is 3.55. The lowest BCUT2D eigenvalue weighted by molar-refractivity contribution is 0.372. The molecule has 0 spiro atoms. The van der Waals surface area contributed by atoms with Crippen molar-refractivity contribution in [2.45, 2.75) is 39.2 Å². The van der Waals surface area contributed by atoms with Gasteiger partial charge in [0.25, 0.3) is 0 Å². The lowest BCUT2D eigenvalue weighted by Gasteiger charge is -2.15. The Balaban J connectivity index is 3.25. The van der Waals surface area contributed by atoms with E-state index in [0.717, 1.165) is 25.3 Å². The monoisotopic (exact) mass is 172 g/mol. The highest BCUT2D eigenvalue weighted by Gasteiger charge is 2.04. The summed E-state index contributed by atoms with van der Waals surface area (Å²) in [5.74, 6) is 0.736. The molecular weight excluding hydrogens is 148 g/mol. The molecule has 0 aliphatic rings. The first-order valence-corrected chi connectivity index (χ1v) is 4.92. The summed E-state index contributed by atoms with van der Waals surface area (Å²) in [7, 11) is 4.21. The van der Waals surface area contributed by atoms with Crippen molar-refractivity contribution in [1.82, 2.24) is 4.90 Å². The Bertz CT molecular complexity index is 100. The van der Waals surface area contributed by atoms with Gasteiger partial charge in [0, 0.05) is 6.04 Å². The van der Waals surface area contributed by atoms with Gasteiger partial charge in [-0.25, -0.2) is 0 Å². The molecule has 2 N–H and O–H groups in total. The summed E-state index contributed by atoms with van der Waals surface area (Å²) < 4.78 is 0. The third-order valence-electron chi connectivity index (χ3n) is 1.95. The molecule has 1 unspecified atom stereocenters. The van der Waals surface area contributed by atoms with E-state index >= 15 is 0 Å². The molecule has 0 aromatic carbocycles. The molecule has 0 saturated heterocycles. The molecule has 0 aromatic heterocycles. The van der Waals surface area contributed by atoms with E-state index in [2.05, 4.69) is 32.8 Å². The van der Waals surface area contributed by atoms with E-state index in [4.69, 9.17) is 5.73 Å². The Morgan fingerprint density at radius 3 is 2.25 bits per heavy atom. The van der Waals surface area contributed by atoms with Crippen molar-refractivity contribution in [3.63, 3.8) is 0 Å². The highest BCUT2D eigenvalue weighted by Crippen LogP contribution is 2.07. The van der Waals surface area contributed by atoms with Gasteiger partial charge in [0.1, 0.15) is 0 Å². The van der Waals surface area contributed by atoms with Gasteiger partial charge in [0.2, 0.25) is 0 Å². The Hall–Kier alpha value is -0.0800. The number of hydrogen-bond donors (Lipinski definition) is 1. The summed E-state index contributed by atoms with van der Waals surface area (Å²) in [6, 6.07) is 0.407. The van der Waals surface area contributed by atoms with Gasteiger partial charge in [-0.3, -0.25) is 0 Å². The van der Waals surface area contributed by atoms with Crippen LogP contribution in [0.3, 0.4) is 0 Å². The van der Waals surface area contributed by atoms with Crippen molar-refractivity contribution in [3.05, 3.63) is 0 Å². The lowest BCUT2D eigenvalue weighted by atomic mass is 10.0. The van der Waals surface area contributed by atoms with Crippen LogP contribution in [0.25, 0.3) is 0 Å². The molecule has 0 radical (unpaired) electrons. The van der Waals surface area contributed by atoms with Crippen molar-refractivity contribution < 1.29 is 0 Å². The predicted octanol–water partition coefficient (Wildman–Crippen LogP) is 1.70. The zero-order valence-corrected chi connectivity index (χ0v) is 9.01. The molecule has 0 amide bonds. The van der Waals surface area contributed by atoms with Crippen molar-refractivity contribution in [2.24, 2.45) is 11.7 Å². The molecule has 0 rings (SSSR count). The molecule has 74 valence electrons. The van der Waals surface area contributed by atoms with Gasteiger partial charge in [-0.05, 0) is 45.8 Å². The fourth-order valence-corrected chi connectivity index (χ4v) is 1.39. The minimum Gasteiger partial charge on any atom is -0.328 e. The van der Waals surface area contributed by atoms with E-state index in [0.29, 0.717) is 6.04 Å². The van der Waals surface area contributed by atoms with Crippen LogP contribution in [0.15, 0.2) is 0 Å². The highest BCUT2D eigenvalue weighted by molar-refractivity contribution is 4.63. The third kappa shape index (κ3) is 8.02. The van der Waals surface area contributed by atoms with Crippen molar-refractivity contribution in [3.8, 4) is 0 Å². The fourth-order valence-electron chi connectivity index (χ4n) is 1.39. The Kier molecular flexibility index (Phi) is 6.39. The molecule has 0 bridgehead atoms. The molecule has 0 fully saturated rings. The van der Waals surface area contributed by atoms with E-state index < -0.39 is 0 Å². The molecule has 0 aromatic rings. The Labute approximate surface area is 77.1 Å². The van der Waals surface area contributed by atoms with Crippen LogP contribution in [-0.4, -0.2) is 31.6 Å². The minimum absolute atomic E-state index is 0.407. The maximum absolute atomic E-state index is 5.94.